The Kier molecular flexibility index (Phi) is 4.24. The second kappa shape index (κ2) is 6.25. The average molecular weight is 449 g/mol. The highest BCUT2D eigenvalue weighted by molar-refractivity contribution is 5.43. The van der Waals surface area contributed by atoms with Gasteiger partial charge in [0.2, 0.25) is 0 Å². The molecule has 0 aromatic carbocycles. The molecule has 2 bridgehead atoms. The molecule has 0 aromatic heterocycles. The summed E-state index contributed by atoms with van der Waals surface area (Å²) in [5.74, 6) is -0.276. The fraction of sp³-hybridized carbons (Fsp3) is 0.840. The van der Waals surface area contributed by atoms with Crippen molar-refractivity contribution in [2.75, 3.05) is 6.61 Å². The molecule has 4 aliphatic carbocycles. The van der Waals surface area contributed by atoms with Gasteiger partial charge in [-0.3, -0.25) is 0 Å². The summed E-state index contributed by atoms with van der Waals surface area (Å²) in [5.41, 5.74) is -1.29. The SMILES string of the molecule is CC(C)C1=C2[C@H]3CC=C4[C@@H](O)[C@@]5(O)CO[C@H]6O[C@@H]([C@@H]4[C@@]6(O)[C@H]5O)[C@]3(C)CC[C@@]2(C)[C@@H](O)C1. The number of ether oxygens (including phenoxy) is 2. The molecule has 2 heterocycles. The van der Waals surface area contributed by atoms with Crippen LogP contribution >= 0.6 is 0 Å². The van der Waals surface area contributed by atoms with Crippen LogP contribution in [-0.4, -0.2) is 74.0 Å². The van der Waals surface area contributed by atoms with E-state index in [4.69, 9.17) is 9.47 Å². The number of hydrogen-bond donors (Lipinski definition) is 5. The highest BCUT2D eigenvalue weighted by atomic mass is 16.7. The summed E-state index contributed by atoms with van der Waals surface area (Å²) >= 11 is 0. The Morgan fingerprint density at radius 3 is 2.50 bits per heavy atom. The van der Waals surface area contributed by atoms with Crippen molar-refractivity contribution in [1.82, 2.24) is 0 Å². The van der Waals surface area contributed by atoms with Crippen LogP contribution in [0.15, 0.2) is 22.8 Å². The molecule has 6 aliphatic rings. The Labute approximate surface area is 188 Å². The number of fused-ring (bicyclic) bond motifs is 5. The van der Waals surface area contributed by atoms with Crippen molar-refractivity contribution >= 4 is 0 Å². The summed E-state index contributed by atoms with van der Waals surface area (Å²) < 4.78 is 12.1. The Morgan fingerprint density at radius 1 is 1.09 bits per heavy atom. The van der Waals surface area contributed by atoms with Gasteiger partial charge in [0, 0.05) is 16.7 Å². The zero-order valence-electron chi connectivity index (χ0n) is 19.3. The number of allylic oxidation sites excluding steroid dienone is 1. The van der Waals surface area contributed by atoms with Gasteiger partial charge in [-0.25, -0.2) is 0 Å². The lowest BCUT2D eigenvalue weighted by molar-refractivity contribution is -0.341. The van der Waals surface area contributed by atoms with E-state index < -0.39 is 47.8 Å². The smallest absolute Gasteiger partial charge is 0.190 e. The van der Waals surface area contributed by atoms with Crippen LogP contribution in [0.2, 0.25) is 0 Å². The van der Waals surface area contributed by atoms with E-state index >= 15 is 0 Å². The first kappa shape index (κ1) is 21.7. The molecule has 178 valence electrons. The summed E-state index contributed by atoms with van der Waals surface area (Å²) in [7, 11) is 0. The van der Waals surface area contributed by atoms with Gasteiger partial charge in [-0.2, -0.15) is 0 Å². The van der Waals surface area contributed by atoms with Crippen molar-refractivity contribution in [3.05, 3.63) is 22.8 Å². The van der Waals surface area contributed by atoms with Crippen LogP contribution in [0, 0.1) is 28.6 Å². The summed E-state index contributed by atoms with van der Waals surface area (Å²) in [4.78, 5) is 0. The van der Waals surface area contributed by atoms with Crippen LogP contribution in [0.5, 0.6) is 0 Å². The molecule has 4 fully saturated rings. The van der Waals surface area contributed by atoms with Gasteiger partial charge in [-0.1, -0.05) is 44.9 Å². The van der Waals surface area contributed by atoms with Gasteiger partial charge in [0.1, 0.15) is 17.8 Å². The van der Waals surface area contributed by atoms with E-state index in [1.54, 1.807) is 0 Å². The van der Waals surface area contributed by atoms with E-state index in [0.717, 1.165) is 12.8 Å². The molecule has 11 atom stereocenters. The van der Waals surface area contributed by atoms with E-state index in [-0.39, 0.29) is 23.4 Å². The molecule has 0 aromatic rings. The van der Waals surface area contributed by atoms with Crippen molar-refractivity contribution in [1.29, 1.82) is 0 Å². The van der Waals surface area contributed by atoms with E-state index in [2.05, 4.69) is 27.7 Å². The molecular formula is C25H36O7. The topological polar surface area (TPSA) is 120 Å². The molecule has 2 aliphatic heterocycles. The van der Waals surface area contributed by atoms with Crippen molar-refractivity contribution in [2.24, 2.45) is 28.6 Å². The first-order valence-corrected chi connectivity index (χ1v) is 12.1. The van der Waals surface area contributed by atoms with Gasteiger partial charge in [0.25, 0.3) is 0 Å². The van der Waals surface area contributed by atoms with E-state index in [9.17, 15) is 25.5 Å². The van der Waals surface area contributed by atoms with Crippen molar-refractivity contribution in [2.45, 2.75) is 95.3 Å². The minimum atomic E-state index is -1.97. The molecular weight excluding hydrogens is 412 g/mol. The van der Waals surface area contributed by atoms with Crippen LogP contribution in [0.4, 0.5) is 0 Å². The van der Waals surface area contributed by atoms with E-state index in [1.807, 2.05) is 6.08 Å². The number of hydrogen-bond acceptors (Lipinski definition) is 7. The van der Waals surface area contributed by atoms with Crippen molar-refractivity contribution in [3.63, 3.8) is 0 Å². The Hall–Kier alpha value is -0.800. The minimum absolute atomic E-state index is 0.0683. The number of rotatable bonds is 1. The Balaban J connectivity index is 1.55. The first-order chi connectivity index (χ1) is 14.9. The number of aliphatic hydroxyl groups is 5. The third-order valence-corrected chi connectivity index (χ3v) is 10.3. The second-order valence-electron chi connectivity index (χ2n) is 12.1. The standard InChI is InChI=1S/C25H36O7/c1-11(2)13-9-15(26)23(4)8-7-22(3)14(16(13)23)6-5-12-17-19(22)32-21-25(17,30)20(28)24(29,10-31-21)18(12)27/h5,11,14-15,17-21,26-30H,6-10H2,1-4H3/t14-,15+,17-,18-,19+,20+,21+,22-,23+,24+,25-/m1/s1. The molecule has 2 saturated carbocycles. The molecule has 0 radical (unpaired) electrons. The van der Waals surface area contributed by atoms with Gasteiger partial charge < -0.3 is 35.0 Å². The molecule has 0 spiro atoms. The average Bonchev–Trinajstić information content (AvgIpc) is 3.16. The van der Waals surface area contributed by atoms with Gasteiger partial charge in [-0.15, -0.1) is 0 Å². The minimum Gasteiger partial charge on any atom is -0.392 e. The third-order valence-electron chi connectivity index (χ3n) is 10.3. The molecule has 6 rings (SSSR count). The fourth-order valence-corrected chi connectivity index (χ4v) is 8.35. The van der Waals surface area contributed by atoms with Crippen LogP contribution in [0.3, 0.4) is 0 Å². The van der Waals surface area contributed by atoms with E-state index in [1.165, 1.54) is 11.1 Å². The lowest BCUT2D eigenvalue weighted by Crippen LogP contribution is -2.77. The van der Waals surface area contributed by atoms with Crippen molar-refractivity contribution in [3.8, 4) is 0 Å². The largest absolute Gasteiger partial charge is 0.392 e. The second-order valence-corrected chi connectivity index (χ2v) is 12.1. The third kappa shape index (κ3) is 2.18. The van der Waals surface area contributed by atoms with Gasteiger partial charge in [-0.05, 0) is 43.1 Å². The zero-order valence-corrected chi connectivity index (χ0v) is 19.3. The van der Waals surface area contributed by atoms with Crippen LogP contribution < -0.4 is 0 Å². The number of aliphatic hydroxyl groups excluding tert-OH is 3. The first-order valence-electron chi connectivity index (χ1n) is 12.1. The van der Waals surface area contributed by atoms with Gasteiger partial charge >= 0.3 is 0 Å². The maximum Gasteiger partial charge on any atom is 0.190 e. The maximum atomic E-state index is 11.7. The summed E-state index contributed by atoms with van der Waals surface area (Å²) in [6.45, 7) is 8.41. The lowest BCUT2D eigenvalue weighted by atomic mass is 9.51. The zero-order chi connectivity index (χ0) is 23.0. The highest BCUT2D eigenvalue weighted by Gasteiger charge is 2.77. The Morgan fingerprint density at radius 2 is 1.81 bits per heavy atom. The van der Waals surface area contributed by atoms with Gasteiger partial charge in [0.05, 0.1) is 18.8 Å². The predicted molar refractivity (Wildman–Crippen MR) is 114 cm³/mol. The Bertz CT molecular complexity index is 927. The molecule has 7 heteroatoms. The lowest BCUT2D eigenvalue weighted by Gasteiger charge is -2.57. The van der Waals surface area contributed by atoms with Crippen molar-refractivity contribution < 1.29 is 35.0 Å². The van der Waals surface area contributed by atoms with Crippen LogP contribution in [0.1, 0.15) is 53.4 Å². The molecule has 32 heavy (non-hydrogen) atoms. The molecule has 7 nitrogen and oxygen atoms in total. The maximum absolute atomic E-state index is 11.7. The van der Waals surface area contributed by atoms with Crippen LogP contribution in [0.25, 0.3) is 0 Å². The predicted octanol–water partition coefficient (Wildman–Crippen LogP) is 1.03. The quantitative estimate of drug-likeness (QED) is 0.380. The fourth-order valence-electron chi connectivity index (χ4n) is 8.35. The molecule has 2 saturated heterocycles. The molecule has 5 N–H and O–H groups in total. The van der Waals surface area contributed by atoms with Gasteiger partial charge in [0.15, 0.2) is 11.9 Å². The normalized spacial score (nSPS) is 58.4. The summed E-state index contributed by atoms with van der Waals surface area (Å²) in [6.07, 6.45) is 0.0465. The van der Waals surface area contributed by atoms with Crippen LogP contribution in [-0.2, 0) is 9.47 Å². The summed E-state index contributed by atoms with van der Waals surface area (Å²) in [6, 6.07) is 0. The molecule has 0 unspecified atom stereocenters. The monoisotopic (exact) mass is 448 g/mol. The highest BCUT2D eigenvalue weighted by Crippen LogP contribution is 2.68. The summed E-state index contributed by atoms with van der Waals surface area (Å²) in [5, 5.41) is 56.1. The van der Waals surface area contributed by atoms with E-state index in [0.29, 0.717) is 24.3 Å². The molecule has 0 amide bonds.